The Morgan fingerprint density at radius 1 is 0.955 bits per heavy atom. The molecule has 2 aromatic rings. The molecule has 0 N–H and O–H groups in total. The Balaban J connectivity index is 1.98. The summed E-state index contributed by atoms with van der Waals surface area (Å²) in [5.74, 6) is 0. The van der Waals surface area contributed by atoms with Crippen molar-refractivity contribution < 1.29 is 0 Å². The summed E-state index contributed by atoms with van der Waals surface area (Å²) in [5, 5.41) is 0.778. The fourth-order valence-corrected chi connectivity index (χ4v) is 2.89. The first-order chi connectivity index (χ1) is 10.7. The van der Waals surface area contributed by atoms with Crippen LogP contribution in [0.25, 0.3) is 11.1 Å². The second-order valence-electron chi connectivity index (χ2n) is 5.55. The molecule has 22 heavy (non-hydrogen) atoms. The topological polar surface area (TPSA) is 0 Å². The maximum Gasteiger partial charge on any atom is 0.0484 e. The van der Waals surface area contributed by atoms with Crippen LogP contribution in [-0.2, 0) is 6.42 Å². The smallest absolute Gasteiger partial charge is 0.0484 e. The SMILES string of the molecule is CCCCCCc1ccc(/C(Cl)=C/c2ccc(Br)cc2)cc1. The molecule has 116 valence electrons. The van der Waals surface area contributed by atoms with Gasteiger partial charge < -0.3 is 0 Å². The standard InChI is InChI=1S/C20H22BrCl/c1-2-3-4-5-6-16-7-11-18(12-8-16)20(22)15-17-9-13-19(21)14-10-17/h7-15H,2-6H2,1H3/b20-15-. The van der Waals surface area contributed by atoms with Crippen LogP contribution in [0.1, 0.15) is 49.3 Å². The molecular formula is C20H22BrCl. The molecule has 0 aromatic heterocycles. The maximum atomic E-state index is 6.43. The molecule has 0 heterocycles. The van der Waals surface area contributed by atoms with Gasteiger partial charge in [-0.2, -0.15) is 0 Å². The van der Waals surface area contributed by atoms with Crippen LogP contribution in [0.2, 0.25) is 0 Å². The van der Waals surface area contributed by atoms with Crippen LogP contribution < -0.4 is 0 Å². The molecule has 0 spiro atoms. The van der Waals surface area contributed by atoms with Crippen molar-refractivity contribution >= 4 is 38.6 Å². The normalized spacial score (nSPS) is 11.7. The predicted molar refractivity (Wildman–Crippen MR) is 102 cm³/mol. The van der Waals surface area contributed by atoms with Crippen molar-refractivity contribution in [1.82, 2.24) is 0 Å². The molecule has 0 saturated heterocycles. The summed E-state index contributed by atoms with van der Waals surface area (Å²) in [6, 6.07) is 16.8. The lowest BCUT2D eigenvalue weighted by Crippen LogP contribution is -1.87. The van der Waals surface area contributed by atoms with E-state index in [2.05, 4.69) is 59.3 Å². The zero-order chi connectivity index (χ0) is 15.8. The molecular weight excluding hydrogens is 356 g/mol. The van der Waals surface area contributed by atoms with E-state index in [0.29, 0.717) is 0 Å². The van der Waals surface area contributed by atoms with E-state index >= 15 is 0 Å². The van der Waals surface area contributed by atoms with Gasteiger partial charge in [0.1, 0.15) is 0 Å². The Labute approximate surface area is 147 Å². The van der Waals surface area contributed by atoms with Crippen molar-refractivity contribution in [2.75, 3.05) is 0 Å². The van der Waals surface area contributed by atoms with Gasteiger partial charge >= 0.3 is 0 Å². The highest BCUT2D eigenvalue weighted by Gasteiger charge is 2.00. The van der Waals surface area contributed by atoms with Crippen LogP contribution in [0, 0.1) is 0 Å². The van der Waals surface area contributed by atoms with E-state index in [9.17, 15) is 0 Å². The van der Waals surface area contributed by atoms with Crippen molar-refractivity contribution in [1.29, 1.82) is 0 Å². The summed E-state index contributed by atoms with van der Waals surface area (Å²) in [7, 11) is 0. The Kier molecular flexibility index (Phi) is 7.21. The zero-order valence-corrected chi connectivity index (χ0v) is 15.3. The number of unbranched alkanes of at least 4 members (excludes halogenated alkanes) is 3. The van der Waals surface area contributed by atoms with Crippen LogP contribution in [-0.4, -0.2) is 0 Å². The second kappa shape index (κ2) is 9.17. The Hall–Kier alpha value is -1.05. The van der Waals surface area contributed by atoms with Gasteiger partial charge in [0.05, 0.1) is 0 Å². The number of hydrogen-bond acceptors (Lipinski definition) is 0. The first-order valence-corrected chi connectivity index (χ1v) is 9.08. The van der Waals surface area contributed by atoms with E-state index in [-0.39, 0.29) is 0 Å². The molecule has 0 fully saturated rings. The monoisotopic (exact) mass is 376 g/mol. The van der Waals surface area contributed by atoms with Gasteiger partial charge in [0.2, 0.25) is 0 Å². The average molecular weight is 378 g/mol. The van der Waals surface area contributed by atoms with Gasteiger partial charge in [-0.1, -0.05) is 90.1 Å². The van der Waals surface area contributed by atoms with Crippen LogP contribution in [0.15, 0.2) is 53.0 Å². The molecule has 0 atom stereocenters. The number of aryl methyl sites for hydroxylation is 1. The molecule has 0 nitrogen and oxygen atoms in total. The summed E-state index contributed by atoms with van der Waals surface area (Å²) in [5.41, 5.74) is 3.58. The first kappa shape index (κ1) is 17.3. The minimum Gasteiger partial charge on any atom is -0.0837 e. The molecule has 0 aliphatic heterocycles. The Morgan fingerprint density at radius 2 is 1.64 bits per heavy atom. The lowest BCUT2D eigenvalue weighted by atomic mass is 10.0. The van der Waals surface area contributed by atoms with E-state index in [1.54, 1.807) is 0 Å². The largest absolute Gasteiger partial charge is 0.0837 e. The molecule has 0 saturated carbocycles. The fourth-order valence-electron chi connectivity index (χ4n) is 2.38. The minimum absolute atomic E-state index is 0.778. The molecule has 0 aliphatic carbocycles. The van der Waals surface area contributed by atoms with Crippen molar-refractivity contribution in [3.8, 4) is 0 Å². The third kappa shape index (κ3) is 5.62. The molecule has 2 rings (SSSR count). The van der Waals surface area contributed by atoms with E-state index < -0.39 is 0 Å². The Bertz CT molecular complexity index is 597. The zero-order valence-electron chi connectivity index (χ0n) is 13.0. The first-order valence-electron chi connectivity index (χ1n) is 7.91. The second-order valence-corrected chi connectivity index (χ2v) is 6.87. The fraction of sp³-hybridized carbons (Fsp3) is 0.300. The lowest BCUT2D eigenvalue weighted by molar-refractivity contribution is 0.667. The highest BCUT2D eigenvalue weighted by atomic mass is 79.9. The van der Waals surface area contributed by atoms with E-state index in [1.165, 1.54) is 31.2 Å². The number of hydrogen-bond donors (Lipinski definition) is 0. The van der Waals surface area contributed by atoms with Crippen LogP contribution in [0.3, 0.4) is 0 Å². The van der Waals surface area contributed by atoms with Crippen LogP contribution in [0.5, 0.6) is 0 Å². The van der Waals surface area contributed by atoms with Crippen LogP contribution >= 0.6 is 27.5 Å². The van der Waals surface area contributed by atoms with Crippen molar-refractivity contribution in [2.24, 2.45) is 0 Å². The molecule has 2 aromatic carbocycles. The third-order valence-corrected chi connectivity index (χ3v) is 4.57. The lowest BCUT2D eigenvalue weighted by Gasteiger charge is -2.04. The van der Waals surface area contributed by atoms with Gasteiger partial charge in [-0.15, -0.1) is 0 Å². The molecule has 0 amide bonds. The predicted octanol–water partition coefficient (Wildman–Crippen LogP) is 7.31. The minimum atomic E-state index is 0.778. The number of halogens is 2. The quantitative estimate of drug-likeness (QED) is 0.350. The molecule has 0 aliphatic rings. The summed E-state index contributed by atoms with van der Waals surface area (Å²) >= 11 is 9.87. The maximum absolute atomic E-state index is 6.43. The highest BCUT2D eigenvalue weighted by molar-refractivity contribution is 9.10. The van der Waals surface area contributed by atoms with Gasteiger partial charge in [-0.25, -0.2) is 0 Å². The van der Waals surface area contributed by atoms with Gasteiger partial charge in [0, 0.05) is 9.51 Å². The van der Waals surface area contributed by atoms with Gasteiger partial charge in [-0.3, -0.25) is 0 Å². The summed E-state index contributed by atoms with van der Waals surface area (Å²) in [4.78, 5) is 0. The molecule has 2 heteroatoms. The third-order valence-electron chi connectivity index (χ3n) is 3.71. The van der Waals surface area contributed by atoms with Gasteiger partial charge in [-0.05, 0) is 47.7 Å². The molecule has 0 unspecified atom stereocenters. The van der Waals surface area contributed by atoms with Crippen molar-refractivity contribution in [3.63, 3.8) is 0 Å². The van der Waals surface area contributed by atoms with Gasteiger partial charge in [0.25, 0.3) is 0 Å². The van der Waals surface area contributed by atoms with Crippen molar-refractivity contribution in [3.05, 3.63) is 69.7 Å². The van der Waals surface area contributed by atoms with E-state index in [1.807, 2.05) is 18.2 Å². The Morgan fingerprint density at radius 3 is 2.27 bits per heavy atom. The van der Waals surface area contributed by atoms with E-state index in [0.717, 1.165) is 27.1 Å². The van der Waals surface area contributed by atoms with Crippen LogP contribution in [0.4, 0.5) is 0 Å². The summed E-state index contributed by atoms with van der Waals surface area (Å²) in [6.45, 7) is 2.24. The summed E-state index contributed by atoms with van der Waals surface area (Å²) in [6.07, 6.45) is 8.38. The average Bonchev–Trinajstić information content (AvgIpc) is 2.54. The number of benzene rings is 2. The molecule has 0 radical (unpaired) electrons. The number of rotatable bonds is 7. The molecule has 0 bridgehead atoms. The van der Waals surface area contributed by atoms with Gasteiger partial charge in [0.15, 0.2) is 0 Å². The van der Waals surface area contributed by atoms with Crippen molar-refractivity contribution in [2.45, 2.75) is 39.0 Å². The highest BCUT2D eigenvalue weighted by Crippen LogP contribution is 2.23. The summed E-state index contributed by atoms with van der Waals surface area (Å²) < 4.78 is 1.08. The van der Waals surface area contributed by atoms with E-state index in [4.69, 9.17) is 11.6 Å².